The quantitative estimate of drug-likeness (QED) is 0.313. The van der Waals surface area contributed by atoms with E-state index in [-0.39, 0.29) is 5.91 Å². The molecular weight excluding hydrogens is 454 g/mol. The molecule has 3 aromatic heterocycles. The number of carbonyl (C=O) groups is 1. The summed E-state index contributed by atoms with van der Waals surface area (Å²) in [4.78, 5) is 22.5. The van der Waals surface area contributed by atoms with E-state index in [1.807, 2.05) is 91.2 Å². The molecule has 1 N–H and O–H groups in total. The maximum Gasteiger partial charge on any atom is 0.261 e. The van der Waals surface area contributed by atoms with Crippen molar-refractivity contribution in [2.75, 3.05) is 5.32 Å². The van der Waals surface area contributed by atoms with Gasteiger partial charge in [-0.25, -0.2) is 14.6 Å². The summed E-state index contributed by atoms with van der Waals surface area (Å²) in [5, 5.41) is 10.0. The van der Waals surface area contributed by atoms with Crippen LogP contribution in [0.1, 0.15) is 29.4 Å². The lowest BCUT2D eigenvalue weighted by Gasteiger charge is -2.02. The fourth-order valence-electron chi connectivity index (χ4n) is 3.50. The number of hydrogen-bond acceptors (Lipinski definition) is 5. The zero-order valence-corrected chi connectivity index (χ0v) is 19.8. The van der Waals surface area contributed by atoms with Gasteiger partial charge < -0.3 is 0 Å². The summed E-state index contributed by atoms with van der Waals surface area (Å²) in [7, 11) is 0. The Hall–Kier alpha value is -4.54. The van der Waals surface area contributed by atoms with Crippen LogP contribution in [0.2, 0.25) is 0 Å². The monoisotopic (exact) mass is 475 g/mol. The van der Waals surface area contributed by atoms with Crippen molar-refractivity contribution in [2.24, 2.45) is 0 Å². The Balaban J connectivity index is 1.44. The van der Waals surface area contributed by atoms with Crippen molar-refractivity contribution in [3.63, 3.8) is 0 Å². The molecular formula is C28H21N5OS. The number of hydrogen-bond donors (Lipinski definition) is 1. The number of carbonyl (C=O) groups excluding carboxylic acids is 1. The third kappa shape index (κ3) is 5.03. The second-order valence-electron chi connectivity index (χ2n) is 7.59. The van der Waals surface area contributed by atoms with E-state index < -0.39 is 0 Å². The molecule has 6 nitrogen and oxygen atoms in total. The number of nitrogens with one attached hydrogen (secondary N) is 1. The molecule has 0 spiro atoms. The van der Waals surface area contributed by atoms with Crippen molar-refractivity contribution in [2.45, 2.75) is 13.3 Å². The summed E-state index contributed by atoms with van der Waals surface area (Å²) >= 11 is 1.35. The molecule has 0 aliphatic heterocycles. The molecule has 0 unspecified atom stereocenters. The normalized spacial score (nSPS) is 10.4. The number of benzene rings is 2. The Labute approximate surface area is 207 Å². The van der Waals surface area contributed by atoms with Crippen molar-refractivity contribution < 1.29 is 4.79 Å². The van der Waals surface area contributed by atoms with Crippen LogP contribution in [-0.2, 0) is 0 Å². The minimum Gasteiger partial charge on any atom is -0.298 e. The van der Waals surface area contributed by atoms with Crippen molar-refractivity contribution in [3.05, 3.63) is 102 Å². The van der Waals surface area contributed by atoms with E-state index in [4.69, 9.17) is 5.10 Å². The van der Waals surface area contributed by atoms with E-state index in [0.29, 0.717) is 33.5 Å². The molecule has 0 saturated carbocycles. The summed E-state index contributed by atoms with van der Waals surface area (Å²) in [5.74, 6) is 5.79. The van der Waals surface area contributed by atoms with Gasteiger partial charge in [-0.05, 0) is 30.2 Å². The van der Waals surface area contributed by atoms with Crippen LogP contribution in [0.3, 0.4) is 0 Å². The Morgan fingerprint density at radius 1 is 0.943 bits per heavy atom. The minimum atomic E-state index is -0.276. The van der Waals surface area contributed by atoms with Gasteiger partial charge in [0.2, 0.25) is 0 Å². The second-order valence-corrected chi connectivity index (χ2v) is 8.45. The first kappa shape index (κ1) is 22.3. The third-order valence-corrected chi connectivity index (χ3v) is 5.91. The molecule has 0 aliphatic rings. The molecule has 0 fully saturated rings. The van der Waals surface area contributed by atoms with Crippen LogP contribution in [0, 0.1) is 11.8 Å². The van der Waals surface area contributed by atoms with E-state index in [1.165, 1.54) is 11.3 Å². The average Bonchev–Trinajstić information content (AvgIpc) is 3.57. The molecule has 35 heavy (non-hydrogen) atoms. The van der Waals surface area contributed by atoms with Crippen molar-refractivity contribution >= 4 is 22.4 Å². The van der Waals surface area contributed by atoms with Gasteiger partial charge in [0.15, 0.2) is 5.13 Å². The average molecular weight is 476 g/mol. The molecule has 7 heteroatoms. The summed E-state index contributed by atoms with van der Waals surface area (Å²) in [6.45, 7) is 2.00. The molecule has 170 valence electrons. The lowest BCUT2D eigenvalue weighted by Crippen LogP contribution is -2.12. The molecule has 0 aliphatic carbocycles. The van der Waals surface area contributed by atoms with Gasteiger partial charge in [0.1, 0.15) is 17.1 Å². The Morgan fingerprint density at radius 2 is 1.71 bits per heavy atom. The first-order valence-electron chi connectivity index (χ1n) is 11.1. The topological polar surface area (TPSA) is 72.7 Å². The lowest BCUT2D eigenvalue weighted by atomic mass is 10.1. The number of anilines is 1. The summed E-state index contributed by atoms with van der Waals surface area (Å²) in [5.41, 5.74) is 4.90. The number of nitrogens with zero attached hydrogens (tertiary/aromatic N) is 4. The van der Waals surface area contributed by atoms with Gasteiger partial charge in [-0.2, -0.15) is 5.10 Å². The van der Waals surface area contributed by atoms with Crippen LogP contribution in [0.25, 0.3) is 28.3 Å². The Bertz CT molecular complexity index is 1530. The van der Waals surface area contributed by atoms with Crippen LogP contribution in [0.4, 0.5) is 5.13 Å². The number of aromatic nitrogens is 4. The van der Waals surface area contributed by atoms with Gasteiger partial charge in [-0.3, -0.25) is 10.1 Å². The third-order valence-electron chi connectivity index (χ3n) is 5.16. The predicted molar refractivity (Wildman–Crippen MR) is 139 cm³/mol. The molecule has 0 atom stereocenters. The van der Waals surface area contributed by atoms with Gasteiger partial charge in [0.25, 0.3) is 5.91 Å². The Morgan fingerprint density at radius 3 is 2.49 bits per heavy atom. The molecule has 0 saturated heterocycles. The predicted octanol–water partition coefficient (Wildman–Crippen LogP) is 6.07. The van der Waals surface area contributed by atoms with Gasteiger partial charge in [0.05, 0.1) is 16.9 Å². The summed E-state index contributed by atoms with van der Waals surface area (Å²) in [6.07, 6.45) is 2.52. The second kappa shape index (κ2) is 10.2. The number of para-hydroxylation sites is 1. The molecule has 5 aromatic rings. The van der Waals surface area contributed by atoms with Crippen LogP contribution in [0.5, 0.6) is 0 Å². The maximum atomic E-state index is 13.3. The highest BCUT2D eigenvalue weighted by molar-refractivity contribution is 7.14. The van der Waals surface area contributed by atoms with Crippen molar-refractivity contribution in [3.8, 4) is 40.2 Å². The number of rotatable bonds is 5. The van der Waals surface area contributed by atoms with Gasteiger partial charge in [-0.1, -0.05) is 67.4 Å². The highest BCUT2D eigenvalue weighted by Crippen LogP contribution is 2.27. The molecule has 3 heterocycles. The standard InChI is InChI=1S/C28H21N5OS/c1-2-3-13-21-14-10-17-24(29-21)25-19-35-28(30-25)31-27(34)23-18-33(22-15-8-5-9-16-22)32-26(23)20-11-6-4-7-12-20/h4-12,14-19H,2H2,1H3,(H,30,31,34). The molecule has 1 amide bonds. The van der Waals surface area contributed by atoms with E-state index in [1.54, 1.807) is 10.9 Å². The van der Waals surface area contributed by atoms with E-state index in [0.717, 1.165) is 17.7 Å². The van der Waals surface area contributed by atoms with Crippen molar-refractivity contribution in [1.29, 1.82) is 0 Å². The Kier molecular flexibility index (Phi) is 6.46. The van der Waals surface area contributed by atoms with Crippen LogP contribution in [0.15, 0.2) is 90.4 Å². The number of thiazole rings is 1. The van der Waals surface area contributed by atoms with E-state index in [9.17, 15) is 4.79 Å². The molecule has 0 radical (unpaired) electrons. The first-order chi connectivity index (χ1) is 17.2. The highest BCUT2D eigenvalue weighted by Gasteiger charge is 2.20. The molecule has 5 rings (SSSR count). The minimum absolute atomic E-state index is 0.276. The molecule has 2 aromatic carbocycles. The smallest absolute Gasteiger partial charge is 0.261 e. The summed E-state index contributed by atoms with van der Waals surface area (Å²) in [6, 6.07) is 25.0. The van der Waals surface area contributed by atoms with Gasteiger partial charge >= 0.3 is 0 Å². The first-order valence-corrected chi connectivity index (χ1v) is 12.0. The SMILES string of the molecule is CCC#Cc1cccc(-c2csc(NC(=O)c3cn(-c4ccccc4)nc3-c3ccccc3)n2)n1. The van der Waals surface area contributed by atoms with Crippen molar-refractivity contribution in [1.82, 2.24) is 19.7 Å². The van der Waals surface area contributed by atoms with Crippen LogP contribution >= 0.6 is 11.3 Å². The zero-order valence-electron chi connectivity index (χ0n) is 19.0. The fraction of sp³-hybridized carbons (Fsp3) is 0.0714. The van der Waals surface area contributed by atoms with Gasteiger partial charge in [-0.15, -0.1) is 11.3 Å². The van der Waals surface area contributed by atoms with Crippen LogP contribution in [-0.4, -0.2) is 25.7 Å². The number of amides is 1. The summed E-state index contributed by atoms with van der Waals surface area (Å²) < 4.78 is 1.72. The fourth-order valence-corrected chi connectivity index (χ4v) is 4.20. The zero-order chi connectivity index (χ0) is 24.0. The number of pyridine rings is 1. The van der Waals surface area contributed by atoms with E-state index in [2.05, 4.69) is 27.1 Å². The van der Waals surface area contributed by atoms with Gasteiger partial charge in [0, 0.05) is 23.6 Å². The largest absolute Gasteiger partial charge is 0.298 e. The highest BCUT2D eigenvalue weighted by atomic mass is 32.1. The maximum absolute atomic E-state index is 13.3. The van der Waals surface area contributed by atoms with Crippen LogP contribution < -0.4 is 5.32 Å². The molecule has 0 bridgehead atoms. The lowest BCUT2D eigenvalue weighted by molar-refractivity contribution is 0.102. The van der Waals surface area contributed by atoms with E-state index >= 15 is 0 Å².